The van der Waals surface area contributed by atoms with Crippen molar-refractivity contribution in [1.82, 2.24) is 0 Å². The van der Waals surface area contributed by atoms with Crippen LogP contribution in [0.15, 0.2) is 23.3 Å². The fourth-order valence-electron chi connectivity index (χ4n) is 3.29. The molecule has 0 aromatic carbocycles. The van der Waals surface area contributed by atoms with Crippen LogP contribution in [0.1, 0.15) is 40.0 Å². The lowest BCUT2D eigenvalue weighted by atomic mass is 9.64. The molecule has 4 heteroatoms. The van der Waals surface area contributed by atoms with E-state index >= 15 is 0 Å². The summed E-state index contributed by atoms with van der Waals surface area (Å²) in [6, 6.07) is 0. The van der Waals surface area contributed by atoms with Crippen LogP contribution in [0.3, 0.4) is 0 Å². The molecular weight excluding hydrogens is 268 g/mol. The standard InChI is InChI=1S/C17H26O4/c1-11-8-14(19-4)9-12(2)17(11,3)7-6-13-10-15(20-5)21-16(13)18/h8,10,12,14-15H,6-7,9H2,1-5H3/t12-,14+,15+,17-/m1/s1. The van der Waals surface area contributed by atoms with E-state index < -0.39 is 6.29 Å². The third-order valence-corrected chi connectivity index (χ3v) is 5.28. The molecule has 0 fully saturated rings. The number of rotatable bonds is 5. The van der Waals surface area contributed by atoms with E-state index in [1.54, 1.807) is 20.3 Å². The number of carbonyl (C=O) groups excluding carboxylic acids is 1. The van der Waals surface area contributed by atoms with Crippen LogP contribution < -0.4 is 0 Å². The van der Waals surface area contributed by atoms with Gasteiger partial charge in [0, 0.05) is 19.8 Å². The molecule has 2 aliphatic rings. The predicted molar refractivity (Wildman–Crippen MR) is 80.6 cm³/mol. The van der Waals surface area contributed by atoms with Gasteiger partial charge in [-0.25, -0.2) is 4.79 Å². The Labute approximate surface area is 127 Å². The van der Waals surface area contributed by atoms with Crippen molar-refractivity contribution in [3.8, 4) is 0 Å². The van der Waals surface area contributed by atoms with E-state index in [1.807, 2.05) is 0 Å². The molecule has 2 rings (SSSR count). The summed E-state index contributed by atoms with van der Waals surface area (Å²) in [6.07, 6.45) is 6.39. The Kier molecular flexibility index (Phi) is 4.89. The highest BCUT2D eigenvalue weighted by atomic mass is 16.7. The Balaban J connectivity index is 2.06. The van der Waals surface area contributed by atoms with Crippen LogP contribution in [0.2, 0.25) is 0 Å². The molecule has 118 valence electrons. The summed E-state index contributed by atoms with van der Waals surface area (Å²) in [6.45, 7) is 6.72. The molecule has 0 radical (unpaired) electrons. The van der Waals surface area contributed by atoms with Gasteiger partial charge < -0.3 is 14.2 Å². The quantitative estimate of drug-likeness (QED) is 0.577. The number of cyclic esters (lactones) is 1. The van der Waals surface area contributed by atoms with Crippen LogP contribution in [0, 0.1) is 11.3 Å². The fraction of sp³-hybridized carbons (Fsp3) is 0.706. The van der Waals surface area contributed by atoms with Gasteiger partial charge in [-0.15, -0.1) is 0 Å². The van der Waals surface area contributed by atoms with Gasteiger partial charge in [-0.05, 0) is 43.6 Å². The predicted octanol–water partition coefficient (Wildman–Crippen LogP) is 3.23. The molecule has 0 bridgehead atoms. The van der Waals surface area contributed by atoms with Gasteiger partial charge in [-0.3, -0.25) is 0 Å². The summed E-state index contributed by atoms with van der Waals surface area (Å²) < 4.78 is 15.6. The molecule has 4 nitrogen and oxygen atoms in total. The highest BCUT2D eigenvalue weighted by molar-refractivity contribution is 5.90. The molecule has 0 aromatic rings. The normalized spacial score (nSPS) is 36.2. The zero-order valence-electron chi connectivity index (χ0n) is 13.6. The molecule has 1 heterocycles. The Hall–Kier alpha value is -1.13. The molecule has 0 aromatic heterocycles. The molecule has 0 saturated carbocycles. The van der Waals surface area contributed by atoms with Crippen molar-refractivity contribution in [2.45, 2.75) is 52.4 Å². The van der Waals surface area contributed by atoms with Gasteiger partial charge in [-0.1, -0.05) is 25.5 Å². The minimum atomic E-state index is -0.515. The lowest BCUT2D eigenvalue weighted by Gasteiger charge is -2.42. The van der Waals surface area contributed by atoms with Crippen molar-refractivity contribution in [3.63, 3.8) is 0 Å². The first-order valence-electron chi connectivity index (χ1n) is 7.57. The average Bonchev–Trinajstić information content (AvgIpc) is 2.82. The molecule has 1 aliphatic carbocycles. The lowest BCUT2D eigenvalue weighted by Crippen LogP contribution is -2.35. The van der Waals surface area contributed by atoms with E-state index in [0.29, 0.717) is 5.92 Å². The van der Waals surface area contributed by atoms with Gasteiger partial charge >= 0.3 is 5.97 Å². The molecule has 21 heavy (non-hydrogen) atoms. The first-order valence-corrected chi connectivity index (χ1v) is 7.57. The van der Waals surface area contributed by atoms with Crippen molar-refractivity contribution in [2.75, 3.05) is 14.2 Å². The third kappa shape index (κ3) is 3.22. The van der Waals surface area contributed by atoms with Crippen molar-refractivity contribution in [2.24, 2.45) is 11.3 Å². The molecular formula is C17H26O4. The highest BCUT2D eigenvalue weighted by Crippen LogP contribution is 2.46. The van der Waals surface area contributed by atoms with Gasteiger partial charge in [0.2, 0.25) is 6.29 Å². The van der Waals surface area contributed by atoms with Crippen LogP contribution in [-0.2, 0) is 19.0 Å². The summed E-state index contributed by atoms with van der Waals surface area (Å²) in [7, 11) is 3.30. The summed E-state index contributed by atoms with van der Waals surface area (Å²) in [4.78, 5) is 11.8. The Bertz CT molecular complexity index is 465. The van der Waals surface area contributed by atoms with Gasteiger partial charge in [0.05, 0.1) is 6.10 Å². The second-order valence-electron chi connectivity index (χ2n) is 6.38. The topological polar surface area (TPSA) is 44.8 Å². The smallest absolute Gasteiger partial charge is 0.336 e. The van der Waals surface area contributed by atoms with Crippen LogP contribution in [0.4, 0.5) is 0 Å². The maximum atomic E-state index is 11.8. The van der Waals surface area contributed by atoms with E-state index in [9.17, 15) is 4.79 Å². The van der Waals surface area contributed by atoms with Crippen LogP contribution in [-0.4, -0.2) is 32.6 Å². The van der Waals surface area contributed by atoms with E-state index in [4.69, 9.17) is 14.2 Å². The van der Waals surface area contributed by atoms with Crippen LogP contribution in [0.25, 0.3) is 0 Å². The first kappa shape index (κ1) is 16.2. The number of hydrogen-bond donors (Lipinski definition) is 0. The Morgan fingerprint density at radius 1 is 1.33 bits per heavy atom. The molecule has 4 atom stereocenters. The summed E-state index contributed by atoms with van der Waals surface area (Å²) in [5.41, 5.74) is 2.18. The number of carbonyl (C=O) groups is 1. The van der Waals surface area contributed by atoms with Crippen LogP contribution >= 0.6 is 0 Å². The lowest BCUT2D eigenvalue weighted by molar-refractivity contribution is -0.155. The highest BCUT2D eigenvalue weighted by Gasteiger charge is 2.38. The van der Waals surface area contributed by atoms with Gasteiger partial charge in [-0.2, -0.15) is 0 Å². The number of hydrogen-bond acceptors (Lipinski definition) is 4. The van der Waals surface area contributed by atoms with Crippen molar-refractivity contribution in [1.29, 1.82) is 0 Å². The third-order valence-electron chi connectivity index (χ3n) is 5.28. The number of methoxy groups -OCH3 is 2. The average molecular weight is 294 g/mol. The Morgan fingerprint density at radius 3 is 2.57 bits per heavy atom. The zero-order chi connectivity index (χ0) is 15.6. The molecule has 1 aliphatic heterocycles. The van der Waals surface area contributed by atoms with Crippen molar-refractivity contribution in [3.05, 3.63) is 23.3 Å². The largest absolute Gasteiger partial charge is 0.429 e. The summed E-state index contributed by atoms with van der Waals surface area (Å²) in [5.74, 6) is 0.272. The minimum Gasteiger partial charge on any atom is -0.429 e. The second kappa shape index (κ2) is 6.32. The summed E-state index contributed by atoms with van der Waals surface area (Å²) in [5, 5.41) is 0. The SMILES string of the molecule is CO[C@@H]1C=C(CC[C@]2(C)C(C)=C[C@H](OC)C[C@H]2C)C(=O)O1. The molecule has 0 amide bonds. The van der Waals surface area contributed by atoms with Gasteiger partial charge in [0.25, 0.3) is 0 Å². The van der Waals surface area contributed by atoms with Crippen molar-refractivity contribution >= 4 is 5.97 Å². The molecule has 0 unspecified atom stereocenters. The Morgan fingerprint density at radius 2 is 2.05 bits per heavy atom. The molecule has 0 spiro atoms. The maximum Gasteiger partial charge on any atom is 0.336 e. The number of ether oxygens (including phenoxy) is 3. The summed E-state index contributed by atoms with van der Waals surface area (Å²) >= 11 is 0. The van der Waals surface area contributed by atoms with Crippen molar-refractivity contribution < 1.29 is 19.0 Å². The van der Waals surface area contributed by atoms with Gasteiger partial charge in [0.1, 0.15) is 0 Å². The maximum absolute atomic E-state index is 11.8. The molecule has 0 N–H and O–H groups in total. The first-order chi connectivity index (χ1) is 9.90. The number of esters is 1. The zero-order valence-corrected chi connectivity index (χ0v) is 13.6. The van der Waals surface area contributed by atoms with E-state index in [0.717, 1.165) is 24.8 Å². The molecule has 0 saturated heterocycles. The fourth-order valence-corrected chi connectivity index (χ4v) is 3.29. The minimum absolute atomic E-state index is 0.0985. The second-order valence-corrected chi connectivity index (χ2v) is 6.38. The van der Waals surface area contributed by atoms with E-state index in [1.165, 1.54) is 5.57 Å². The van der Waals surface area contributed by atoms with E-state index in [-0.39, 0.29) is 17.5 Å². The number of allylic oxidation sites excluding steroid dienone is 1. The monoisotopic (exact) mass is 294 g/mol. The van der Waals surface area contributed by atoms with E-state index in [2.05, 4.69) is 26.8 Å². The van der Waals surface area contributed by atoms with Gasteiger partial charge in [0.15, 0.2) is 0 Å². The van der Waals surface area contributed by atoms with Crippen LogP contribution in [0.5, 0.6) is 0 Å².